The first kappa shape index (κ1) is 20.4. The van der Waals surface area contributed by atoms with E-state index in [4.69, 9.17) is 0 Å². The molecule has 2 aromatic carbocycles. The van der Waals surface area contributed by atoms with Crippen molar-refractivity contribution in [3.63, 3.8) is 0 Å². The SMILES string of the molecule is CNc1ccc([N+](=O)[O-])cc1C(=O)N(C)CC(=O)Nc1ccc(Br)cc1C. The van der Waals surface area contributed by atoms with Gasteiger partial charge in [0.1, 0.15) is 0 Å². The summed E-state index contributed by atoms with van der Waals surface area (Å²) in [5, 5.41) is 16.6. The lowest BCUT2D eigenvalue weighted by molar-refractivity contribution is -0.384. The zero-order valence-corrected chi connectivity index (χ0v) is 16.7. The van der Waals surface area contributed by atoms with E-state index in [0.29, 0.717) is 11.4 Å². The topological polar surface area (TPSA) is 105 Å². The largest absolute Gasteiger partial charge is 0.387 e. The van der Waals surface area contributed by atoms with E-state index in [9.17, 15) is 19.7 Å². The molecule has 142 valence electrons. The molecule has 2 aromatic rings. The summed E-state index contributed by atoms with van der Waals surface area (Å²) in [6, 6.07) is 9.41. The van der Waals surface area contributed by atoms with E-state index in [1.54, 1.807) is 19.2 Å². The highest BCUT2D eigenvalue weighted by molar-refractivity contribution is 9.10. The summed E-state index contributed by atoms with van der Waals surface area (Å²) < 4.78 is 0.899. The predicted octanol–water partition coefficient (Wildman–Crippen LogP) is 3.42. The van der Waals surface area contributed by atoms with Crippen LogP contribution in [0.25, 0.3) is 0 Å². The number of carbonyl (C=O) groups excluding carboxylic acids is 2. The van der Waals surface area contributed by atoms with Crippen molar-refractivity contribution in [2.75, 3.05) is 31.3 Å². The van der Waals surface area contributed by atoms with Crippen LogP contribution in [0.1, 0.15) is 15.9 Å². The lowest BCUT2D eigenvalue weighted by Crippen LogP contribution is -2.35. The van der Waals surface area contributed by atoms with E-state index in [-0.39, 0.29) is 23.7 Å². The molecule has 0 saturated heterocycles. The highest BCUT2D eigenvalue weighted by Gasteiger charge is 2.21. The molecule has 0 bridgehead atoms. The van der Waals surface area contributed by atoms with Crippen LogP contribution in [0.4, 0.5) is 17.1 Å². The molecule has 0 unspecified atom stereocenters. The maximum atomic E-state index is 12.7. The van der Waals surface area contributed by atoms with Crippen molar-refractivity contribution in [3.8, 4) is 0 Å². The molecule has 0 aromatic heterocycles. The normalized spacial score (nSPS) is 10.2. The number of halogens is 1. The summed E-state index contributed by atoms with van der Waals surface area (Å²) in [6.45, 7) is 1.66. The lowest BCUT2D eigenvalue weighted by atomic mass is 10.1. The Hall–Kier alpha value is -2.94. The highest BCUT2D eigenvalue weighted by Crippen LogP contribution is 2.23. The third-order valence-corrected chi connectivity index (χ3v) is 4.40. The number of anilines is 2. The Morgan fingerprint density at radius 2 is 1.85 bits per heavy atom. The predicted molar refractivity (Wildman–Crippen MR) is 107 cm³/mol. The molecule has 2 N–H and O–H groups in total. The molecule has 0 heterocycles. The number of benzene rings is 2. The van der Waals surface area contributed by atoms with Gasteiger partial charge in [-0.3, -0.25) is 19.7 Å². The minimum Gasteiger partial charge on any atom is -0.387 e. The second-order valence-corrected chi connectivity index (χ2v) is 6.82. The third kappa shape index (κ3) is 5.04. The molecule has 0 spiro atoms. The van der Waals surface area contributed by atoms with Crippen molar-refractivity contribution >= 4 is 44.8 Å². The van der Waals surface area contributed by atoms with Gasteiger partial charge in [-0.1, -0.05) is 15.9 Å². The molecule has 0 aliphatic rings. The molecule has 0 aliphatic heterocycles. The summed E-state index contributed by atoms with van der Waals surface area (Å²) in [6.07, 6.45) is 0. The summed E-state index contributed by atoms with van der Waals surface area (Å²) in [5.74, 6) is -0.863. The Morgan fingerprint density at radius 3 is 2.44 bits per heavy atom. The zero-order chi connectivity index (χ0) is 20.1. The van der Waals surface area contributed by atoms with Gasteiger partial charge in [-0.25, -0.2) is 0 Å². The van der Waals surface area contributed by atoms with Gasteiger partial charge in [0.25, 0.3) is 11.6 Å². The van der Waals surface area contributed by atoms with Crippen LogP contribution in [0.5, 0.6) is 0 Å². The Bertz CT molecular complexity index is 901. The smallest absolute Gasteiger partial charge is 0.270 e. The number of hydrogen-bond acceptors (Lipinski definition) is 5. The van der Waals surface area contributed by atoms with Crippen molar-refractivity contribution in [2.45, 2.75) is 6.92 Å². The molecule has 0 atom stereocenters. The van der Waals surface area contributed by atoms with E-state index in [0.717, 1.165) is 10.0 Å². The number of carbonyl (C=O) groups is 2. The van der Waals surface area contributed by atoms with Crippen LogP contribution in [0.15, 0.2) is 40.9 Å². The van der Waals surface area contributed by atoms with E-state index in [1.807, 2.05) is 13.0 Å². The van der Waals surface area contributed by atoms with Gasteiger partial charge < -0.3 is 15.5 Å². The van der Waals surface area contributed by atoms with E-state index in [1.165, 1.54) is 30.1 Å². The number of non-ortho nitro benzene ring substituents is 1. The maximum Gasteiger partial charge on any atom is 0.270 e. The number of aryl methyl sites for hydroxylation is 1. The van der Waals surface area contributed by atoms with Crippen LogP contribution in [-0.2, 0) is 4.79 Å². The van der Waals surface area contributed by atoms with Gasteiger partial charge in [0, 0.05) is 42.1 Å². The van der Waals surface area contributed by atoms with Gasteiger partial charge in [0.2, 0.25) is 5.91 Å². The molecule has 9 heteroatoms. The van der Waals surface area contributed by atoms with Crippen molar-refractivity contribution in [3.05, 3.63) is 62.1 Å². The van der Waals surface area contributed by atoms with E-state index >= 15 is 0 Å². The Kier molecular flexibility index (Phi) is 6.51. The molecule has 8 nitrogen and oxygen atoms in total. The lowest BCUT2D eigenvalue weighted by Gasteiger charge is -2.19. The zero-order valence-electron chi connectivity index (χ0n) is 15.1. The number of nitro benzene ring substituents is 1. The molecular weight excluding hydrogens is 416 g/mol. The van der Waals surface area contributed by atoms with Crippen LogP contribution in [0.3, 0.4) is 0 Å². The van der Waals surface area contributed by atoms with Crippen LogP contribution < -0.4 is 10.6 Å². The first-order chi connectivity index (χ1) is 12.7. The number of likely N-dealkylation sites (N-methyl/N-ethyl adjacent to an activating group) is 1. The van der Waals surface area contributed by atoms with Gasteiger partial charge in [-0.15, -0.1) is 0 Å². The second-order valence-electron chi connectivity index (χ2n) is 5.91. The van der Waals surface area contributed by atoms with Crippen molar-refractivity contribution < 1.29 is 14.5 Å². The minimum atomic E-state index is -0.570. The summed E-state index contributed by atoms with van der Waals surface area (Å²) in [7, 11) is 3.08. The van der Waals surface area contributed by atoms with Crippen LogP contribution in [-0.4, -0.2) is 42.3 Å². The highest BCUT2D eigenvalue weighted by atomic mass is 79.9. The first-order valence-electron chi connectivity index (χ1n) is 8.00. The fourth-order valence-electron chi connectivity index (χ4n) is 2.49. The number of nitrogens with one attached hydrogen (secondary N) is 2. The van der Waals surface area contributed by atoms with Gasteiger partial charge in [0.05, 0.1) is 17.0 Å². The summed E-state index contributed by atoms with van der Waals surface area (Å²) in [5.41, 5.74) is 1.90. The van der Waals surface area contributed by atoms with Crippen LogP contribution in [0.2, 0.25) is 0 Å². The Morgan fingerprint density at radius 1 is 1.19 bits per heavy atom. The van der Waals surface area contributed by atoms with Crippen molar-refractivity contribution in [1.82, 2.24) is 4.90 Å². The average molecular weight is 435 g/mol. The number of nitro groups is 1. The molecule has 27 heavy (non-hydrogen) atoms. The number of hydrogen-bond donors (Lipinski definition) is 2. The summed E-state index contributed by atoms with van der Waals surface area (Å²) in [4.78, 5) is 36.6. The van der Waals surface area contributed by atoms with Crippen molar-refractivity contribution in [2.24, 2.45) is 0 Å². The first-order valence-corrected chi connectivity index (χ1v) is 8.80. The fraction of sp³-hybridized carbons (Fsp3) is 0.222. The van der Waals surface area contributed by atoms with Gasteiger partial charge in [-0.2, -0.15) is 0 Å². The van der Waals surface area contributed by atoms with E-state index in [2.05, 4.69) is 26.6 Å². The molecule has 0 saturated carbocycles. The minimum absolute atomic E-state index is 0.127. The quantitative estimate of drug-likeness (QED) is 0.535. The standard InChI is InChI=1S/C18H19BrN4O4/c1-11-8-12(19)4-6-15(11)21-17(24)10-22(3)18(25)14-9-13(23(26)27)5-7-16(14)20-2/h4-9,20H,10H2,1-3H3,(H,21,24). The van der Waals surface area contributed by atoms with Gasteiger partial charge in [0.15, 0.2) is 0 Å². The summed E-state index contributed by atoms with van der Waals surface area (Å²) >= 11 is 3.36. The molecule has 0 aliphatic carbocycles. The maximum absolute atomic E-state index is 12.7. The van der Waals surface area contributed by atoms with Crippen LogP contribution in [0, 0.1) is 17.0 Å². The second kappa shape index (κ2) is 8.63. The van der Waals surface area contributed by atoms with Crippen molar-refractivity contribution in [1.29, 1.82) is 0 Å². The van der Waals surface area contributed by atoms with Gasteiger partial charge >= 0.3 is 0 Å². The fourth-order valence-corrected chi connectivity index (χ4v) is 2.97. The molecular formula is C18H19BrN4O4. The number of nitrogens with zero attached hydrogens (tertiary/aromatic N) is 2. The molecule has 0 fully saturated rings. The molecule has 2 amide bonds. The number of amides is 2. The Balaban J connectivity index is 2.14. The van der Waals surface area contributed by atoms with Crippen LogP contribution >= 0.6 is 15.9 Å². The monoisotopic (exact) mass is 434 g/mol. The average Bonchev–Trinajstić information content (AvgIpc) is 2.62. The van der Waals surface area contributed by atoms with E-state index < -0.39 is 10.8 Å². The number of rotatable bonds is 6. The molecule has 2 rings (SSSR count). The Labute approximate surface area is 164 Å². The third-order valence-electron chi connectivity index (χ3n) is 3.90. The molecule has 0 radical (unpaired) electrons. The van der Waals surface area contributed by atoms with Gasteiger partial charge in [-0.05, 0) is 36.8 Å².